The molecule has 0 atom stereocenters. The minimum atomic E-state index is -3.87. The highest BCUT2D eigenvalue weighted by molar-refractivity contribution is 7.92. The molecule has 0 saturated heterocycles. The molecule has 11 heteroatoms. The number of nitrogens with one attached hydrogen (secondary N) is 1. The van der Waals surface area contributed by atoms with Crippen LogP contribution in [0.15, 0.2) is 41.6 Å². The summed E-state index contributed by atoms with van der Waals surface area (Å²) in [6.07, 6.45) is 4.36. The number of carbonyl (C=O) groups excluding carboxylic acids is 2. The highest BCUT2D eigenvalue weighted by atomic mass is 32.2. The maximum atomic E-state index is 12.7. The minimum Gasteiger partial charge on any atom is -0.494 e. The standard InChI is InChI=1S/C20H27N3O7S/c1-4-5-10-30-17-6-8-18(9-7-17)31(26,27)22-15-13-21-23(14-15)16(11-19(24)28-2)12-20(25)29-3/h6-9,13-14,16,22H,4-5,10-12H2,1-3H3. The first-order chi connectivity index (χ1) is 14.8. The van der Waals surface area contributed by atoms with Gasteiger partial charge in [0, 0.05) is 6.20 Å². The smallest absolute Gasteiger partial charge is 0.307 e. The number of carbonyl (C=O) groups is 2. The second-order valence-electron chi connectivity index (χ2n) is 6.70. The highest BCUT2D eigenvalue weighted by Gasteiger charge is 2.22. The summed E-state index contributed by atoms with van der Waals surface area (Å²) >= 11 is 0. The number of anilines is 1. The van der Waals surface area contributed by atoms with Gasteiger partial charge in [-0.2, -0.15) is 5.10 Å². The Kier molecular flexibility index (Phi) is 8.86. The molecule has 0 amide bonds. The Hall–Kier alpha value is -3.08. The average molecular weight is 454 g/mol. The number of aromatic nitrogens is 2. The third-order valence-corrected chi connectivity index (χ3v) is 5.79. The first-order valence-electron chi connectivity index (χ1n) is 9.72. The monoisotopic (exact) mass is 453 g/mol. The Labute approximate surface area is 181 Å². The van der Waals surface area contributed by atoms with Gasteiger partial charge < -0.3 is 14.2 Å². The molecule has 0 radical (unpaired) electrons. The first kappa shape index (κ1) is 24.2. The fourth-order valence-electron chi connectivity index (χ4n) is 2.66. The lowest BCUT2D eigenvalue weighted by molar-refractivity contribution is -0.144. The molecule has 31 heavy (non-hydrogen) atoms. The van der Waals surface area contributed by atoms with E-state index in [2.05, 4.69) is 26.2 Å². The van der Waals surface area contributed by atoms with E-state index in [0.717, 1.165) is 12.8 Å². The second kappa shape index (κ2) is 11.3. The number of hydrogen-bond acceptors (Lipinski definition) is 8. The highest BCUT2D eigenvalue weighted by Crippen LogP contribution is 2.22. The molecule has 170 valence electrons. The number of esters is 2. The van der Waals surface area contributed by atoms with Crippen LogP contribution in [0.2, 0.25) is 0 Å². The molecule has 0 unspecified atom stereocenters. The van der Waals surface area contributed by atoms with Crippen molar-refractivity contribution < 1.29 is 32.2 Å². The van der Waals surface area contributed by atoms with Crippen molar-refractivity contribution in [3.05, 3.63) is 36.7 Å². The summed E-state index contributed by atoms with van der Waals surface area (Å²) in [7, 11) is -1.39. The van der Waals surface area contributed by atoms with E-state index in [0.29, 0.717) is 12.4 Å². The number of nitrogens with zero attached hydrogens (tertiary/aromatic N) is 2. The molecule has 10 nitrogen and oxygen atoms in total. The quantitative estimate of drug-likeness (QED) is 0.384. The topological polar surface area (TPSA) is 126 Å². The molecule has 0 aliphatic rings. The molecule has 0 bridgehead atoms. The van der Waals surface area contributed by atoms with Gasteiger partial charge in [0.2, 0.25) is 0 Å². The number of rotatable bonds is 12. The molecule has 1 heterocycles. The lowest BCUT2D eigenvalue weighted by Gasteiger charge is -2.15. The summed E-state index contributed by atoms with van der Waals surface area (Å²) in [5, 5.41) is 4.08. The Morgan fingerprint density at radius 1 is 1.10 bits per heavy atom. The summed E-state index contributed by atoms with van der Waals surface area (Å²) in [6, 6.07) is 5.40. The minimum absolute atomic E-state index is 0.0590. The maximum Gasteiger partial charge on any atom is 0.307 e. The zero-order valence-corrected chi connectivity index (χ0v) is 18.6. The Morgan fingerprint density at radius 3 is 2.26 bits per heavy atom. The van der Waals surface area contributed by atoms with E-state index in [1.54, 1.807) is 12.1 Å². The first-order valence-corrected chi connectivity index (χ1v) is 11.2. The van der Waals surface area contributed by atoms with E-state index in [9.17, 15) is 18.0 Å². The van der Waals surface area contributed by atoms with Gasteiger partial charge in [0.15, 0.2) is 0 Å². The van der Waals surface area contributed by atoms with Crippen molar-refractivity contribution in [3.63, 3.8) is 0 Å². The molecular weight excluding hydrogens is 426 g/mol. The van der Waals surface area contributed by atoms with E-state index in [-0.39, 0.29) is 23.4 Å². The third kappa shape index (κ3) is 7.28. The van der Waals surface area contributed by atoms with Crippen LogP contribution in [-0.4, -0.2) is 51.0 Å². The molecule has 1 aromatic carbocycles. The van der Waals surface area contributed by atoms with Crippen LogP contribution in [0, 0.1) is 0 Å². The van der Waals surface area contributed by atoms with E-state index in [1.807, 2.05) is 0 Å². The predicted octanol–water partition coefficient (Wildman–Crippen LogP) is 2.53. The van der Waals surface area contributed by atoms with E-state index >= 15 is 0 Å². The molecule has 1 N–H and O–H groups in total. The molecule has 0 fully saturated rings. The normalized spacial score (nSPS) is 11.2. The zero-order valence-electron chi connectivity index (χ0n) is 17.7. The number of hydrogen-bond donors (Lipinski definition) is 1. The van der Waals surface area contributed by atoms with Crippen LogP contribution in [0.4, 0.5) is 5.69 Å². The predicted molar refractivity (Wildman–Crippen MR) is 112 cm³/mol. The van der Waals surface area contributed by atoms with Gasteiger partial charge in [-0.15, -0.1) is 0 Å². The number of benzene rings is 1. The van der Waals surface area contributed by atoms with Gasteiger partial charge in [0.05, 0.1) is 56.5 Å². The van der Waals surface area contributed by atoms with Crippen LogP contribution < -0.4 is 9.46 Å². The van der Waals surface area contributed by atoms with Gasteiger partial charge in [-0.05, 0) is 30.7 Å². The molecule has 0 aliphatic carbocycles. The number of methoxy groups -OCH3 is 2. The third-order valence-electron chi connectivity index (χ3n) is 4.39. The van der Waals surface area contributed by atoms with Crippen molar-refractivity contribution in [1.29, 1.82) is 0 Å². The lowest BCUT2D eigenvalue weighted by atomic mass is 10.1. The molecule has 0 saturated carbocycles. The van der Waals surface area contributed by atoms with Crippen molar-refractivity contribution in [2.45, 2.75) is 43.5 Å². The van der Waals surface area contributed by atoms with Crippen molar-refractivity contribution in [2.75, 3.05) is 25.5 Å². The van der Waals surface area contributed by atoms with Gasteiger partial charge in [-0.3, -0.25) is 19.0 Å². The molecule has 0 spiro atoms. The largest absolute Gasteiger partial charge is 0.494 e. The molecule has 0 aliphatic heterocycles. The molecule has 2 rings (SSSR count). The van der Waals surface area contributed by atoms with Crippen molar-refractivity contribution >= 4 is 27.6 Å². The van der Waals surface area contributed by atoms with Crippen LogP contribution in [0.5, 0.6) is 5.75 Å². The van der Waals surface area contributed by atoms with Gasteiger partial charge in [-0.1, -0.05) is 13.3 Å². The van der Waals surface area contributed by atoms with Gasteiger partial charge >= 0.3 is 11.9 Å². The van der Waals surface area contributed by atoms with Crippen molar-refractivity contribution in [3.8, 4) is 5.75 Å². The summed E-state index contributed by atoms with van der Waals surface area (Å²) in [5.41, 5.74) is 0.183. The summed E-state index contributed by atoms with van der Waals surface area (Å²) < 4.78 is 43.9. The zero-order chi connectivity index (χ0) is 22.9. The van der Waals surface area contributed by atoms with Gasteiger partial charge in [0.25, 0.3) is 10.0 Å². The van der Waals surface area contributed by atoms with E-state index < -0.39 is 28.0 Å². The fourth-order valence-corrected chi connectivity index (χ4v) is 3.69. The second-order valence-corrected chi connectivity index (χ2v) is 8.38. The molecule has 2 aromatic rings. The van der Waals surface area contributed by atoms with Gasteiger partial charge in [0.1, 0.15) is 5.75 Å². The van der Waals surface area contributed by atoms with Crippen molar-refractivity contribution in [2.24, 2.45) is 0 Å². The van der Waals surface area contributed by atoms with Crippen LogP contribution in [0.25, 0.3) is 0 Å². The summed E-state index contributed by atoms with van der Waals surface area (Å²) in [5.74, 6) is -0.478. The number of sulfonamides is 1. The molecular formula is C20H27N3O7S. The molecule has 1 aromatic heterocycles. The van der Waals surface area contributed by atoms with Crippen LogP contribution in [0.1, 0.15) is 38.6 Å². The average Bonchev–Trinajstić information content (AvgIpc) is 3.21. The Bertz CT molecular complexity index is 953. The van der Waals surface area contributed by atoms with Crippen molar-refractivity contribution in [1.82, 2.24) is 9.78 Å². The number of unbranched alkanes of at least 4 members (excludes halogenated alkanes) is 1. The van der Waals surface area contributed by atoms with Gasteiger partial charge in [-0.25, -0.2) is 8.42 Å². The maximum absolute atomic E-state index is 12.7. The van der Waals surface area contributed by atoms with Crippen LogP contribution >= 0.6 is 0 Å². The lowest BCUT2D eigenvalue weighted by Crippen LogP contribution is -2.19. The van der Waals surface area contributed by atoms with Crippen LogP contribution in [0.3, 0.4) is 0 Å². The summed E-state index contributed by atoms with van der Waals surface area (Å²) in [4.78, 5) is 23.4. The van der Waals surface area contributed by atoms with Crippen LogP contribution in [-0.2, 0) is 29.1 Å². The van der Waals surface area contributed by atoms with E-state index in [1.165, 1.54) is 43.4 Å². The Morgan fingerprint density at radius 2 is 1.71 bits per heavy atom. The fraction of sp³-hybridized carbons (Fsp3) is 0.450. The Balaban J connectivity index is 2.11. The van der Waals surface area contributed by atoms with E-state index in [4.69, 9.17) is 4.74 Å². The number of ether oxygens (including phenoxy) is 3. The SMILES string of the molecule is CCCCOc1ccc(S(=O)(=O)Nc2cnn(C(CC(=O)OC)CC(=O)OC)c2)cc1. The summed E-state index contributed by atoms with van der Waals surface area (Å²) in [6.45, 7) is 2.62.